The minimum Gasteiger partial charge on any atom is -0.457 e. The minimum absolute atomic E-state index is 0.690. The van der Waals surface area contributed by atoms with E-state index in [4.69, 9.17) is 27.9 Å². The van der Waals surface area contributed by atoms with Gasteiger partial charge in [0.2, 0.25) is 0 Å². The summed E-state index contributed by atoms with van der Waals surface area (Å²) in [5.41, 5.74) is 2.01. The van der Waals surface area contributed by atoms with Gasteiger partial charge < -0.3 is 4.74 Å². The molecule has 0 heterocycles. The molecule has 0 atom stereocenters. The maximum atomic E-state index is 5.96. The molecule has 0 unspecified atom stereocenters. The molecule has 0 N–H and O–H groups in total. The summed E-state index contributed by atoms with van der Waals surface area (Å²) >= 11 is 15.3. The van der Waals surface area contributed by atoms with Gasteiger partial charge in [0.05, 0.1) is 0 Å². The zero-order valence-electron chi connectivity index (χ0n) is 9.71. The lowest BCUT2D eigenvalue weighted by Crippen LogP contribution is -1.91. The first-order valence-electron chi connectivity index (χ1n) is 5.38. The van der Waals surface area contributed by atoms with Crippen LogP contribution in [-0.4, -0.2) is 0 Å². The number of hydrogen-bond acceptors (Lipinski definition) is 1. The maximum Gasteiger partial charge on any atom is 0.131 e. The van der Waals surface area contributed by atoms with Gasteiger partial charge >= 0.3 is 0 Å². The van der Waals surface area contributed by atoms with Crippen LogP contribution in [0.2, 0.25) is 10.0 Å². The quantitative estimate of drug-likeness (QED) is 0.621. The van der Waals surface area contributed by atoms with E-state index in [-0.39, 0.29) is 0 Å². The van der Waals surface area contributed by atoms with Gasteiger partial charge in [-0.1, -0.05) is 39.1 Å². The molecule has 0 spiro atoms. The van der Waals surface area contributed by atoms with Crippen molar-refractivity contribution in [2.75, 3.05) is 0 Å². The molecule has 0 saturated heterocycles. The Kier molecular flexibility index (Phi) is 4.55. The molecule has 0 aliphatic carbocycles. The van der Waals surface area contributed by atoms with Crippen LogP contribution in [0.4, 0.5) is 0 Å². The van der Waals surface area contributed by atoms with Gasteiger partial charge in [-0.05, 0) is 48.9 Å². The highest BCUT2D eigenvalue weighted by Gasteiger charge is 2.07. The Morgan fingerprint density at radius 1 is 1.00 bits per heavy atom. The van der Waals surface area contributed by atoms with Crippen molar-refractivity contribution < 1.29 is 4.74 Å². The molecule has 2 aromatic rings. The summed E-state index contributed by atoms with van der Waals surface area (Å²) in [5, 5.41) is 2.09. The van der Waals surface area contributed by atoms with Gasteiger partial charge in [0.15, 0.2) is 0 Å². The fraction of sp³-hybridized carbons (Fsp3) is 0.143. The third-order valence-electron chi connectivity index (χ3n) is 2.52. The van der Waals surface area contributed by atoms with E-state index in [9.17, 15) is 0 Å². The standard InChI is InChI=1S/C14H11BrCl2O/c1-9-6-11(16)2-4-13(9)18-14-5-3-12(17)7-10(14)8-15/h2-7H,8H2,1H3. The van der Waals surface area contributed by atoms with Crippen molar-refractivity contribution in [3.05, 3.63) is 57.6 Å². The number of rotatable bonds is 3. The second-order valence-corrected chi connectivity index (χ2v) is 5.33. The fourth-order valence-electron chi connectivity index (χ4n) is 1.60. The fourth-order valence-corrected chi connectivity index (χ4v) is 2.46. The lowest BCUT2D eigenvalue weighted by Gasteiger charge is -2.12. The third kappa shape index (κ3) is 3.19. The van der Waals surface area contributed by atoms with E-state index in [1.807, 2.05) is 43.3 Å². The van der Waals surface area contributed by atoms with Gasteiger partial charge in [-0.2, -0.15) is 0 Å². The van der Waals surface area contributed by atoms with Crippen LogP contribution in [0.25, 0.3) is 0 Å². The van der Waals surface area contributed by atoms with E-state index in [2.05, 4.69) is 15.9 Å². The molecule has 0 aliphatic heterocycles. The highest BCUT2D eigenvalue weighted by molar-refractivity contribution is 9.08. The van der Waals surface area contributed by atoms with Gasteiger partial charge in [-0.25, -0.2) is 0 Å². The van der Waals surface area contributed by atoms with Crippen LogP contribution in [-0.2, 0) is 5.33 Å². The summed E-state index contributed by atoms with van der Waals surface area (Å²) in [6.07, 6.45) is 0. The zero-order valence-corrected chi connectivity index (χ0v) is 12.8. The van der Waals surface area contributed by atoms with E-state index in [0.29, 0.717) is 15.4 Å². The van der Waals surface area contributed by atoms with Crippen molar-refractivity contribution >= 4 is 39.1 Å². The molecule has 0 aromatic heterocycles. The predicted octanol–water partition coefficient (Wildman–Crippen LogP) is 5.99. The van der Waals surface area contributed by atoms with E-state index >= 15 is 0 Å². The number of alkyl halides is 1. The van der Waals surface area contributed by atoms with Crippen LogP contribution in [0, 0.1) is 6.92 Å². The molecule has 0 radical (unpaired) electrons. The highest BCUT2D eigenvalue weighted by atomic mass is 79.9. The van der Waals surface area contributed by atoms with Crippen LogP contribution >= 0.6 is 39.1 Å². The second-order valence-electron chi connectivity index (χ2n) is 3.90. The second kappa shape index (κ2) is 5.96. The Balaban J connectivity index is 2.33. The molecule has 1 nitrogen and oxygen atoms in total. The molecule has 0 saturated carbocycles. The largest absolute Gasteiger partial charge is 0.457 e. The molecule has 0 aliphatic rings. The number of ether oxygens (including phenoxy) is 1. The Hall–Kier alpha value is -0.700. The summed E-state index contributed by atoms with van der Waals surface area (Å²) in [7, 11) is 0. The van der Waals surface area contributed by atoms with E-state index < -0.39 is 0 Å². The molecule has 2 aromatic carbocycles. The molecule has 2 rings (SSSR count). The zero-order chi connectivity index (χ0) is 13.1. The average molecular weight is 346 g/mol. The summed E-state index contributed by atoms with van der Waals surface area (Å²) in [6.45, 7) is 1.96. The molecular weight excluding hydrogens is 335 g/mol. The van der Waals surface area contributed by atoms with Crippen LogP contribution in [0.5, 0.6) is 11.5 Å². The minimum atomic E-state index is 0.690. The SMILES string of the molecule is Cc1cc(Cl)ccc1Oc1ccc(Cl)cc1CBr. The van der Waals surface area contributed by atoms with Crippen LogP contribution < -0.4 is 4.74 Å². The Bertz CT molecular complexity index is 570. The molecule has 0 amide bonds. The van der Waals surface area contributed by atoms with Crippen molar-refractivity contribution in [3.8, 4) is 11.5 Å². The molecule has 94 valence electrons. The van der Waals surface area contributed by atoms with E-state index in [0.717, 1.165) is 22.6 Å². The summed E-state index contributed by atoms with van der Waals surface area (Å²) < 4.78 is 5.89. The van der Waals surface area contributed by atoms with Gasteiger partial charge in [0.1, 0.15) is 11.5 Å². The smallest absolute Gasteiger partial charge is 0.131 e. The van der Waals surface area contributed by atoms with E-state index in [1.54, 1.807) is 0 Å². The average Bonchev–Trinajstić information content (AvgIpc) is 2.34. The summed E-state index contributed by atoms with van der Waals surface area (Å²) in [6, 6.07) is 11.1. The molecular formula is C14H11BrCl2O. The van der Waals surface area contributed by atoms with Crippen LogP contribution in [0.15, 0.2) is 36.4 Å². The lowest BCUT2D eigenvalue weighted by atomic mass is 10.2. The summed E-state index contributed by atoms with van der Waals surface area (Å²) in [5.74, 6) is 1.59. The topological polar surface area (TPSA) is 9.23 Å². The highest BCUT2D eigenvalue weighted by Crippen LogP contribution is 2.32. The Morgan fingerprint density at radius 3 is 2.22 bits per heavy atom. The number of halogens is 3. The van der Waals surface area contributed by atoms with Gasteiger partial charge in [0.25, 0.3) is 0 Å². The first-order chi connectivity index (χ1) is 8.60. The molecule has 0 bridgehead atoms. The van der Waals surface area contributed by atoms with Crippen molar-refractivity contribution in [3.63, 3.8) is 0 Å². The first-order valence-corrected chi connectivity index (χ1v) is 7.26. The number of aryl methyl sites for hydroxylation is 1. The Morgan fingerprint density at radius 2 is 1.61 bits per heavy atom. The first kappa shape index (κ1) is 13.7. The van der Waals surface area contributed by atoms with Gasteiger partial charge in [0, 0.05) is 20.9 Å². The lowest BCUT2D eigenvalue weighted by molar-refractivity contribution is 0.475. The third-order valence-corrected chi connectivity index (χ3v) is 3.60. The number of benzene rings is 2. The normalized spacial score (nSPS) is 10.4. The monoisotopic (exact) mass is 344 g/mol. The van der Waals surface area contributed by atoms with Crippen molar-refractivity contribution in [1.29, 1.82) is 0 Å². The summed E-state index contributed by atoms with van der Waals surface area (Å²) in [4.78, 5) is 0. The van der Waals surface area contributed by atoms with Crippen LogP contribution in [0.1, 0.15) is 11.1 Å². The molecule has 0 fully saturated rings. The van der Waals surface area contributed by atoms with Crippen molar-refractivity contribution in [1.82, 2.24) is 0 Å². The predicted molar refractivity (Wildman–Crippen MR) is 80.3 cm³/mol. The molecule has 4 heteroatoms. The van der Waals surface area contributed by atoms with Gasteiger partial charge in [-0.3, -0.25) is 0 Å². The Labute approximate surface area is 125 Å². The van der Waals surface area contributed by atoms with Crippen LogP contribution in [0.3, 0.4) is 0 Å². The number of hydrogen-bond donors (Lipinski definition) is 0. The van der Waals surface area contributed by atoms with Gasteiger partial charge in [-0.15, -0.1) is 0 Å². The van der Waals surface area contributed by atoms with Crippen molar-refractivity contribution in [2.45, 2.75) is 12.3 Å². The van der Waals surface area contributed by atoms with E-state index in [1.165, 1.54) is 0 Å². The molecule has 18 heavy (non-hydrogen) atoms. The maximum absolute atomic E-state index is 5.96. The van der Waals surface area contributed by atoms with Crippen molar-refractivity contribution in [2.24, 2.45) is 0 Å².